The molecule has 0 spiro atoms. The summed E-state index contributed by atoms with van der Waals surface area (Å²) in [5.74, 6) is -0.238. The average Bonchev–Trinajstić information content (AvgIpc) is 2.90. The van der Waals surface area contributed by atoms with Crippen molar-refractivity contribution in [2.45, 2.75) is 6.42 Å². The lowest BCUT2D eigenvalue weighted by Gasteiger charge is -2.17. The summed E-state index contributed by atoms with van der Waals surface area (Å²) in [5, 5.41) is 11.2. The zero-order valence-corrected chi connectivity index (χ0v) is 11.6. The van der Waals surface area contributed by atoms with Crippen LogP contribution < -0.4 is 4.90 Å². The highest BCUT2D eigenvalue weighted by atomic mass is 35.5. The predicted molar refractivity (Wildman–Crippen MR) is 77.7 cm³/mol. The lowest BCUT2D eigenvalue weighted by atomic mass is 10.1. The van der Waals surface area contributed by atoms with E-state index in [4.69, 9.17) is 11.6 Å². The van der Waals surface area contributed by atoms with Gasteiger partial charge in [-0.25, -0.2) is 4.98 Å². The number of halogens is 1. The van der Waals surface area contributed by atoms with E-state index >= 15 is 0 Å². The number of nitro groups is 1. The molecule has 1 amide bonds. The quantitative estimate of drug-likeness (QED) is 0.485. The Hall–Kier alpha value is -2.47. The molecule has 0 fully saturated rings. The van der Waals surface area contributed by atoms with Crippen molar-refractivity contribution < 1.29 is 9.72 Å². The molecular formula is C14H10ClN3O3. The third kappa shape index (κ3) is 2.45. The molecule has 0 aliphatic carbocycles. The van der Waals surface area contributed by atoms with Gasteiger partial charge in [-0.3, -0.25) is 14.9 Å². The van der Waals surface area contributed by atoms with Crippen molar-refractivity contribution in [1.29, 1.82) is 0 Å². The van der Waals surface area contributed by atoms with Crippen LogP contribution in [-0.2, 0) is 6.42 Å². The molecule has 2 heterocycles. The van der Waals surface area contributed by atoms with Gasteiger partial charge in [0.05, 0.1) is 16.2 Å². The van der Waals surface area contributed by atoms with E-state index < -0.39 is 4.92 Å². The summed E-state index contributed by atoms with van der Waals surface area (Å²) in [6, 6.07) is 7.72. The summed E-state index contributed by atoms with van der Waals surface area (Å²) in [7, 11) is 0. The van der Waals surface area contributed by atoms with Crippen molar-refractivity contribution in [2.75, 3.05) is 11.4 Å². The number of rotatable bonds is 2. The Bertz CT molecular complexity index is 731. The van der Waals surface area contributed by atoms with Gasteiger partial charge >= 0.3 is 0 Å². The summed E-state index contributed by atoms with van der Waals surface area (Å²) in [6.07, 6.45) is 2.08. The van der Waals surface area contributed by atoms with E-state index in [9.17, 15) is 14.9 Å². The molecule has 1 aromatic carbocycles. The van der Waals surface area contributed by atoms with Gasteiger partial charge < -0.3 is 4.90 Å². The summed E-state index contributed by atoms with van der Waals surface area (Å²) in [4.78, 5) is 28.3. The number of pyridine rings is 1. The van der Waals surface area contributed by atoms with Crippen LogP contribution in [0.1, 0.15) is 15.9 Å². The molecule has 0 atom stereocenters. The number of carbonyl (C=O) groups excluding carboxylic acids is 1. The number of amides is 1. The molecule has 0 saturated heterocycles. The fourth-order valence-corrected chi connectivity index (χ4v) is 2.46. The lowest BCUT2D eigenvalue weighted by molar-refractivity contribution is -0.384. The van der Waals surface area contributed by atoms with E-state index in [0.29, 0.717) is 29.4 Å². The fourth-order valence-electron chi connectivity index (χ4n) is 2.35. The van der Waals surface area contributed by atoms with Gasteiger partial charge in [0.25, 0.3) is 11.6 Å². The van der Waals surface area contributed by atoms with E-state index in [1.807, 2.05) is 0 Å². The number of anilines is 1. The Morgan fingerprint density at radius 1 is 1.33 bits per heavy atom. The number of hydrogen-bond donors (Lipinski definition) is 0. The maximum absolute atomic E-state index is 12.5. The Balaban J connectivity index is 1.96. The van der Waals surface area contributed by atoms with Crippen LogP contribution in [0.2, 0.25) is 5.15 Å². The first-order valence-electron chi connectivity index (χ1n) is 6.27. The summed E-state index contributed by atoms with van der Waals surface area (Å²) < 4.78 is 0. The number of benzene rings is 1. The Labute approximate surface area is 125 Å². The first-order chi connectivity index (χ1) is 10.1. The van der Waals surface area contributed by atoms with Gasteiger partial charge in [-0.1, -0.05) is 17.7 Å². The van der Waals surface area contributed by atoms with Gasteiger partial charge in [0.2, 0.25) is 0 Å². The van der Waals surface area contributed by atoms with Crippen molar-refractivity contribution in [3.63, 3.8) is 0 Å². The monoisotopic (exact) mass is 303 g/mol. The number of fused-ring (bicyclic) bond motifs is 1. The van der Waals surface area contributed by atoms with Gasteiger partial charge in [0.15, 0.2) is 0 Å². The van der Waals surface area contributed by atoms with Crippen molar-refractivity contribution in [3.8, 4) is 0 Å². The predicted octanol–water partition coefficient (Wildman–Crippen LogP) is 2.85. The maximum Gasteiger partial charge on any atom is 0.271 e. The molecule has 3 rings (SSSR count). The molecule has 7 heteroatoms. The molecule has 1 aliphatic rings. The average molecular weight is 304 g/mol. The van der Waals surface area contributed by atoms with Gasteiger partial charge in [0.1, 0.15) is 5.15 Å². The molecule has 0 unspecified atom stereocenters. The molecular weight excluding hydrogens is 294 g/mol. The van der Waals surface area contributed by atoms with Crippen molar-refractivity contribution in [2.24, 2.45) is 0 Å². The van der Waals surface area contributed by atoms with Crippen LogP contribution in [0.5, 0.6) is 0 Å². The van der Waals surface area contributed by atoms with E-state index in [0.717, 1.165) is 5.56 Å². The molecule has 6 nitrogen and oxygen atoms in total. The number of nitrogens with zero attached hydrogens (tertiary/aromatic N) is 3. The van der Waals surface area contributed by atoms with Crippen LogP contribution in [0.25, 0.3) is 0 Å². The first-order valence-corrected chi connectivity index (χ1v) is 6.65. The minimum absolute atomic E-state index is 0.0253. The van der Waals surface area contributed by atoms with Crippen LogP contribution >= 0.6 is 11.6 Å². The summed E-state index contributed by atoms with van der Waals surface area (Å²) in [5.41, 5.74) is 1.89. The van der Waals surface area contributed by atoms with Crippen LogP contribution in [0.4, 0.5) is 11.4 Å². The van der Waals surface area contributed by atoms with Crippen LogP contribution in [0.3, 0.4) is 0 Å². The van der Waals surface area contributed by atoms with Crippen molar-refractivity contribution >= 4 is 28.9 Å². The molecule has 0 bridgehead atoms. The van der Waals surface area contributed by atoms with Crippen molar-refractivity contribution in [1.82, 2.24) is 4.98 Å². The zero-order valence-electron chi connectivity index (χ0n) is 10.8. The lowest BCUT2D eigenvalue weighted by Crippen LogP contribution is -2.28. The molecule has 106 valence electrons. The second-order valence-corrected chi connectivity index (χ2v) is 5.03. The van der Waals surface area contributed by atoms with Gasteiger partial charge in [-0.15, -0.1) is 0 Å². The van der Waals surface area contributed by atoms with E-state index in [1.165, 1.54) is 23.2 Å². The minimum Gasteiger partial charge on any atom is -0.307 e. The highest BCUT2D eigenvalue weighted by Crippen LogP contribution is 2.32. The van der Waals surface area contributed by atoms with E-state index in [2.05, 4.69) is 4.98 Å². The third-order valence-corrected chi connectivity index (χ3v) is 3.62. The Morgan fingerprint density at radius 2 is 2.14 bits per heavy atom. The van der Waals surface area contributed by atoms with E-state index in [1.54, 1.807) is 18.2 Å². The summed E-state index contributed by atoms with van der Waals surface area (Å²) >= 11 is 5.70. The second-order valence-electron chi connectivity index (χ2n) is 4.65. The van der Waals surface area contributed by atoms with Crippen LogP contribution in [0, 0.1) is 10.1 Å². The normalized spacial score (nSPS) is 13.1. The highest BCUT2D eigenvalue weighted by molar-refractivity contribution is 6.29. The fraction of sp³-hybridized carbons (Fsp3) is 0.143. The largest absolute Gasteiger partial charge is 0.307 e. The summed E-state index contributed by atoms with van der Waals surface area (Å²) in [6.45, 7) is 0.498. The molecule has 21 heavy (non-hydrogen) atoms. The van der Waals surface area contributed by atoms with Gasteiger partial charge in [0, 0.05) is 24.9 Å². The first kappa shape index (κ1) is 13.5. The zero-order chi connectivity index (χ0) is 15.0. The SMILES string of the molecule is O=C(c1ccc(Cl)nc1)N1CCc2ccc([N+](=O)[O-])cc21. The smallest absolute Gasteiger partial charge is 0.271 e. The molecule has 1 aromatic heterocycles. The third-order valence-electron chi connectivity index (χ3n) is 3.39. The minimum atomic E-state index is -0.467. The Morgan fingerprint density at radius 3 is 2.81 bits per heavy atom. The second kappa shape index (κ2) is 5.14. The number of aromatic nitrogens is 1. The van der Waals surface area contributed by atoms with Crippen molar-refractivity contribution in [3.05, 3.63) is 62.9 Å². The maximum atomic E-state index is 12.5. The molecule has 0 radical (unpaired) electrons. The van der Waals surface area contributed by atoms with Crippen LogP contribution in [0.15, 0.2) is 36.5 Å². The highest BCUT2D eigenvalue weighted by Gasteiger charge is 2.27. The Kier molecular flexibility index (Phi) is 3.31. The topological polar surface area (TPSA) is 76.3 Å². The number of non-ortho nitro benzene ring substituents is 1. The van der Waals surface area contributed by atoms with Crippen LogP contribution in [-0.4, -0.2) is 22.4 Å². The molecule has 0 saturated carbocycles. The number of nitro benzene ring substituents is 1. The standard InChI is InChI=1S/C14H10ClN3O3/c15-13-4-2-10(8-16-13)14(19)17-6-5-9-1-3-11(18(20)21)7-12(9)17/h1-4,7-8H,5-6H2. The van der Waals surface area contributed by atoms with E-state index in [-0.39, 0.29) is 11.6 Å². The number of hydrogen-bond acceptors (Lipinski definition) is 4. The molecule has 0 N–H and O–H groups in total. The number of carbonyl (C=O) groups is 1. The van der Waals surface area contributed by atoms with Gasteiger partial charge in [-0.2, -0.15) is 0 Å². The molecule has 2 aromatic rings. The van der Waals surface area contributed by atoms with Gasteiger partial charge in [-0.05, 0) is 24.1 Å². The molecule has 1 aliphatic heterocycles.